The highest BCUT2D eigenvalue weighted by molar-refractivity contribution is 8.00. The summed E-state index contributed by atoms with van der Waals surface area (Å²) in [4.78, 5) is 8.85. The second-order valence-corrected chi connectivity index (χ2v) is 9.13. The molecule has 0 radical (unpaired) electrons. The number of nitrogens with two attached hydrogens (primary N) is 1. The fourth-order valence-corrected chi connectivity index (χ4v) is 6.85. The van der Waals surface area contributed by atoms with Gasteiger partial charge in [0.2, 0.25) is 0 Å². The molecule has 0 aromatic heterocycles. The van der Waals surface area contributed by atoms with E-state index in [9.17, 15) is 0 Å². The maximum Gasteiger partial charge on any atom is 0.137 e. The lowest BCUT2D eigenvalue weighted by Crippen LogP contribution is -2.66. The van der Waals surface area contributed by atoms with Gasteiger partial charge in [-0.15, -0.1) is 0 Å². The van der Waals surface area contributed by atoms with E-state index in [0.29, 0.717) is 0 Å². The first-order chi connectivity index (χ1) is 12.6. The Hall–Kier alpha value is -0.990. The summed E-state index contributed by atoms with van der Waals surface area (Å²) in [5, 5.41) is 3.82. The summed E-state index contributed by atoms with van der Waals surface area (Å²) in [5.74, 6) is 1.68. The quantitative estimate of drug-likeness (QED) is 0.831. The van der Waals surface area contributed by atoms with Gasteiger partial charge in [-0.2, -0.15) is 0 Å². The number of hydrogen-bond donors (Lipinski definition) is 2. The zero-order chi connectivity index (χ0) is 17.9. The molecule has 26 heavy (non-hydrogen) atoms. The molecule has 5 heterocycles. The van der Waals surface area contributed by atoms with Gasteiger partial charge in [-0.25, -0.2) is 4.90 Å². The van der Waals surface area contributed by atoms with Crippen molar-refractivity contribution < 1.29 is 4.74 Å². The second-order valence-electron chi connectivity index (χ2n) is 8.03. The Morgan fingerprint density at radius 1 is 1.31 bits per heavy atom. The minimum Gasteiger partial charge on any atom is -0.497 e. The molecule has 0 amide bonds. The van der Waals surface area contributed by atoms with Crippen LogP contribution in [0.4, 0.5) is 5.69 Å². The predicted octanol–water partition coefficient (Wildman–Crippen LogP) is 1.52. The van der Waals surface area contributed by atoms with Crippen LogP contribution < -0.4 is 20.7 Å². The van der Waals surface area contributed by atoms with Gasteiger partial charge in [-0.05, 0) is 57.0 Å². The number of thioether (sulfide) groups is 1. The third kappa shape index (κ3) is 2.48. The minimum atomic E-state index is -0.0849. The molecule has 4 saturated heterocycles. The number of methoxy groups -OCH3 is 1. The minimum absolute atomic E-state index is 0.0849. The number of nitrogens with one attached hydrogen (secondary N) is 1. The summed E-state index contributed by atoms with van der Waals surface area (Å²) >= 11 is 1.91. The highest BCUT2D eigenvalue weighted by Gasteiger charge is 2.54. The first-order valence-corrected chi connectivity index (χ1v) is 10.6. The molecular formula is C19H29N5OS. The van der Waals surface area contributed by atoms with Crippen molar-refractivity contribution in [2.24, 2.45) is 11.7 Å². The number of piperidine rings is 3. The fraction of sp³-hybridized carbons (Fsp3) is 0.684. The monoisotopic (exact) mass is 375 g/mol. The van der Waals surface area contributed by atoms with Crippen molar-refractivity contribution >= 4 is 17.4 Å². The Kier molecular flexibility index (Phi) is 4.13. The molecule has 6 nitrogen and oxygen atoms in total. The largest absolute Gasteiger partial charge is 0.497 e. The number of anilines is 1. The van der Waals surface area contributed by atoms with E-state index < -0.39 is 0 Å². The average Bonchev–Trinajstić information content (AvgIpc) is 3.18. The molecule has 1 aromatic rings. The van der Waals surface area contributed by atoms with E-state index in [2.05, 4.69) is 45.1 Å². The van der Waals surface area contributed by atoms with E-state index in [-0.39, 0.29) is 17.3 Å². The Bertz CT molecular complexity index is 695. The van der Waals surface area contributed by atoms with Crippen molar-refractivity contribution in [3.8, 4) is 5.75 Å². The van der Waals surface area contributed by atoms with Gasteiger partial charge in [0.1, 0.15) is 17.5 Å². The van der Waals surface area contributed by atoms with Crippen LogP contribution in [0.2, 0.25) is 0 Å². The Balaban J connectivity index is 1.41. The smallest absolute Gasteiger partial charge is 0.137 e. The molecule has 3 atom stereocenters. The molecule has 6 rings (SSSR count). The number of nitrogens with zero attached hydrogens (tertiary/aromatic N) is 3. The molecule has 0 saturated carbocycles. The van der Waals surface area contributed by atoms with Crippen LogP contribution in [0.25, 0.3) is 0 Å². The Labute approximate surface area is 160 Å². The zero-order valence-corrected chi connectivity index (χ0v) is 16.5. The second kappa shape index (κ2) is 6.27. The van der Waals surface area contributed by atoms with Gasteiger partial charge in [0.15, 0.2) is 0 Å². The summed E-state index contributed by atoms with van der Waals surface area (Å²) in [6.45, 7) is 7.90. The Morgan fingerprint density at radius 2 is 2.12 bits per heavy atom. The van der Waals surface area contributed by atoms with E-state index in [1.807, 2.05) is 11.8 Å². The molecule has 5 aliphatic heterocycles. The number of benzene rings is 1. The molecule has 1 aromatic carbocycles. The third-order valence-corrected chi connectivity index (χ3v) is 8.05. The molecule has 0 aliphatic carbocycles. The van der Waals surface area contributed by atoms with Gasteiger partial charge < -0.3 is 20.3 Å². The van der Waals surface area contributed by atoms with Gasteiger partial charge in [-0.1, -0.05) is 11.8 Å². The lowest BCUT2D eigenvalue weighted by atomic mass is 9.73. The van der Waals surface area contributed by atoms with E-state index >= 15 is 0 Å². The Morgan fingerprint density at radius 3 is 2.77 bits per heavy atom. The molecule has 142 valence electrons. The van der Waals surface area contributed by atoms with E-state index in [4.69, 9.17) is 10.5 Å². The van der Waals surface area contributed by atoms with Crippen molar-refractivity contribution in [2.45, 2.75) is 42.0 Å². The van der Waals surface area contributed by atoms with Crippen LogP contribution in [0.3, 0.4) is 0 Å². The van der Waals surface area contributed by atoms with Crippen LogP contribution in [0.5, 0.6) is 5.75 Å². The lowest BCUT2D eigenvalue weighted by molar-refractivity contribution is 0.0185. The van der Waals surface area contributed by atoms with Gasteiger partial charge in [0.25, 0.3) is 0 Å². The third-order valence-electron chi connectivity index (χ3n) is 6.73. The first-order valence-electron chi connectivity index (χ1n) is 9.76. The predicted molar refractivity (Wildman–Crippen MR) is 105 cm³/mol. The molecule has 4 fully saturated rings. The van der Waals surface area contributed by atoms with Crippen LogP contribution in [0.15, 0.2) is 23.1 Å². The molecule has 3 unspecified atom stereocenters. The fourth-order valence-electron chi connectivity index (χ4n) is 5.40. The van der Waals surface area contributed by atoms with Gasteiger partial charge in [0.05, 0.1) is 12.8 Å². The molecular weight excluding hydrogens is 346 g/mol. The number of rotatable bonds is 3. The standard InChI is InChI=1S/C19H29N5OS/c1-3-23-15-5-4-14(25-2)10-16(15)26-18(23)24-12-19(21-17(24)20)11-22-8-6-13(19)7-9-22/h4-5,10,13,17-18,21H,3,6-9,11-12,20H2,1-2H3. The zero-order valence-electron chi connectivity index (χ0n) is 15.6. The van der Waals surface area contributed by atoms with Crippen LogP contribution in [0.1, 0.15) is 19.8 Å². The normalized spacial score (nSPS) is 39.0. The van der Waals surface area contributed by atoms with Crippen molar-refractivity contribution in [2.75, 3.05) is 44.7 Å². The maximum atomic E-state index is 6.64. The van der Waals surface area contributed by atoms with Crippen LogP contribution >= 0.6 is 11.8 Å². The topological polar surface area (TPSA) is 57.0 Å². The van der Waals surface area contributed by atoms with Crippen LogP contribution in [-0.4, -0.2) is 67.0 Å². The summed E-state index contributed by atoms with van der Waals surface area (Å²) in [6, 6.07) is 6.40. The summed E-state index contributed by atoms with van der Waals surface area (Å²) in [5.41, 5.74) is 8.35. The van der Waals surface area contributed by atoms with Gasteiger partial charge in [0, 0.05) is 30.1 Å². The summed E-state index contributed by atoms with van der Waals surface area (Å²) in [7, 11) is 1.73. The van der Waals surface area contributed by atoms with Crippen LogP contribution in [-0.2, 0) is 0 Å². The van der Waals surface area contributed by atoms with Crippen molar-refractivity contribution in [1.29, 1.82) is 0 Å². The average molecular weight is 376 g/mol. The highest BCUT2D eigenvalue weighted by Crippen LogP contribution is 2.48. The molecule has 7 heteroatoms. The van der Waals surface area contributed by atoms with E-state index in [1.54, 1.807) is 7.11 Å². The summed E-state index contributed by atoms with van der Waals surface area (Å²) < 4.78 is 5.43. The van der Waals surface area contributed by atoms with Crippen LogP contribution in [0, 0.1) is 5.92 Å². The van der Waals surface area contributed by atoms with E-state index in [1.165, 1.54) is 36.5 Å². The maximum absolute atomic E-state index is 6.64. The molecule has 2 bridgehead atoms. The van der Waals surface area contributed by atoms with Crippen molar-refractivity contribution in [3.63, 3.8) is 0 Å². The van der Waals surface area contributed by atoms with Crippen molar-refractivity contribution in [3.05, 3.63) is 18.2 Å². The highest BCUT2D eigenvalue weighted by atomic mass is 32.2. The first kappa shape index (κ1) is 17.1. The lowest BCUT2D eigenvalue weighted by Gasteiger charge is -2.51. The SMILES string of the molecule is CCN1c2ccc(OC)cc2SC1N1CC2(CN3CCC2CC3)NC1N. The van der Waals surface area contributed by atoms with Gasteiger partial charge in [-0.3, -0.25) is 5.32 Å². The summed E-state index contributed by atoms with van der Waals surface area (Å²) in [6.07, 6.45) is 2.53. The number of fused-ring (bicyclic) bond motifs is 3. The van der Waals surface area contributed by atoms with Gasteiger partial charge >= 0.3 is 0 Å². The van der Waals surface area contributed by atoms with E-state index in [0.717, 1.165) is 31.3 Å². The van der Waals surface area contributed by atoms with Crippen molar-refractivity contribution in [1.82, 2.24) is 15.1 Å². The number of ether oxygens (including phenoxy) is 1. The number of hydrogen-bond acceptors (Lipinski definition) is 7. The molecule has 5 aliphatic rings. The molecule has 1 spiro atoms. The molecule has 3 N–H and O–H groups in total.